The molecular weight excluding hydrogens is 230 g/mol. The van der Waals surface area contributed by atoms with Gasteiger partial charge in [-0.05, 0) is 33.6 Å². The van der Waals surface area contributed by atoms with Crippen LogP contribution in [0.15, 0.2) is 0 Å². The standard InChI is InChI=1S/C14H27NO3/c1-7-15(10-11(2)3)12(16)8-9-13(17)18-14(4,5)6/h11H,7-10H2,1-6H3. The van der Waals surface area contributed by atoms with Crippen LogP contribution in [0.5, 0.6) is 0 Å². The molecule has 0 aliphatic carbocycles. The second-order valence-corrected chi connectivity index (χ2v) is 5.91. The summed E-state index contributed by atoms with van der Waals surface area (Å²) in [7, 11) is 0. The van der Waals surface area contributed by atoms with Crippen LogP contribution in [0.2, 0.25) is 0 Å². The van der Waals surface area contributed by atoms with E-state index in [2.05, 4.69) is 13.8 Å². The van der Waals surface area contributed by atoms with E-state index in [1.807, 2.05) is 27.7 Å². The van der Waals surface area contributed by atoms with Gasteiger partial charge < -0.3 is 9.64 Å². The lowest BCUT2D eigenvalue weighted by Crippen LogP contribution is -2.34. The number of ether oxygens (including phenoxy) is 1. The Morgan fingerprint density at radius 3 is 2.11 bits per heavy atom. The number of carbonyl (C=O) groups is 2. The highest BCUT2D eigenvalue weighted by Gasteiger charge is 2.19. The van der Waals surface area contributed by atoms with E-state index in [0.29, 0.717) is 12.5 Å². The summed E-state index contributed by atoms with van der Waals surface area (Å²) in [5, 5.41) is 0. The first kappa shape index (κ1) is 16.9. The van der Waals surface area contributed by atoms with Crippen LogP contribution in [0.1, 0.15) is 54.4 Å². The Kier molecular flexibility index (Phi) is 6.96. The maximum Gasteiger partial charge on any atom is 0.306 e. The summed E-state index contributed by atoms with van der Waals surface area (Å²) in [4.78, 5) is 25.2. The van der Waals surface area contributed by atoms with Crippen LogP contribution in [0.4, 0.5) is 0 Å². The van der Waals surface area contributed by atoms with Crippen molar-refractivity contribution in [3.8, 4) is 0 Å². The van der Waals surface area contributed by atoms with Gasteiger partial charge >= 0.3 is 5.97 Å². The molecule has 0 fully saturated rings. The largest absolute Gasteiger partial charge is 0.460 e. The second kappa shape index (κ2) is 7.39. The van der Waals surface area contributed by atoms with E-state index in [1.165, 1.54) is 0 Å². The normalized spacial score (nSPS) is 11.5. The zero-order chi connectivity index (χ0) is 14.3. The van der Waals surface area contributed by atoms with E-state index in [0.717, 1.165) is 6.54 Å². The Balaban J connectivity index is 4.12. The molecule has 0 rings (SSSR count). The molecular formula is C14H27NO3. The predicted octanol–water partition coefficient (Wildman–Crippen LogP) is 2.61. The minimum Gasteiger partial charge on any atom is -0.460 e. The van der Waals surface area contributed by atoms with Crippen molar-refractivity contribution in [2.24, 2.45) is 5.92 Å². The third-order valence-electron chi connectivity index (χ3n) is 2.28. The van der Waals surface area contributed by atoms with Crippen molar-refractivity contribution in [2.45, 2.75) is 60.0 Å². The van der Waals surface area contributed by atoms with E-state index < -0.39 is 5.60 Å². The van der Waals surface area contributed by atoms with Crippen molar-refractivity contribution >= 4 is 11.9 Å². The molecule has 0 radical (unpaired) electrons. The average Bonchev–Trinajstić information content (AvgIpc) is 2.19. The molecule has 0 N–H and O–H groups in total. The monoisotopic (exact) mass is 257 g/mol. The molecule has 1 amide bonds. The molecule has 0 saturated heterocycles. The zero-order valence-electron chi connectivity index (χ0n) is 12.6. The minimum atomic E-state index is -0.484. The number of hydrogen-bond acceptors (Lipinski definition) is 3. The first-order chi connectivity index (χ1) is 8.15. The van der Waals surface area contributed by atoms with Crippen molar-refractivity contribution in [3.63, 3.8) is 0 Å². The highest BCUT2D eigenvalue weighted by molar-refractivity contribution is 5.81. The number of amides is 1. The molecule has 0 unspecified atom stereocenters. The fourth-order valence-electron chi connectivity index (χ4n) is 1.61. The smallest absolute Gasteiger partial charge is 0.306 e. The maximum absolute atomic E-state index is 11.9. The fourth-order valence-corrected chi connectivity index (χ4v) is 1.61. The predicted molar refractivity (Wildman–Crippen MR) is 72.2 cm³/mol. The summed E-state index contributed by atoms with van der Waals surface area (Å²) in [6, 6.07) is 0. The molecule has 0 aromatic rings. The first-order valence-corrected chi connectivity index (χ1v) is 6.65. The third-order valence-corrected chi connectivity index (χ3v) is 2.28. The minimum absolute atomic E-state index is 0.0251. The highest BCUT2D eigenvalue weighted by atomic mass is 16.6. The molecule has 0 aromatic heterocycles. The fraction of sp³-hybridized carbons (Fsp3) is 0.857. The topological polar surface area (TPSA) is 46.6 Å². The number of nitrogens with zero attached hydrogens (tertiary/aromatic N) is 1. The van der Waals surface area contributed by atoms with E-state index >= 15 is 0 Å². The van der Waals surface area contributed by atoms with E-state index in [1.54, 1.807) is 4.90 Å². The number of carbonyl (C=O) groups excluding carboxylic acids is 2. The third kappa shape index (κ3) is 8.09. The summed E-state index contributed by atoms with van der Waals surface area (Å²) in [5.41, 5.74) is -0.484. The second-order valence-electron chi connectivity index (χ2n) is 5.91. The van der Waals surface area contributed by atoms with Crippen molar-refractivity contribution < 1.29 is 14.3 Å². The molecule has 18 heavy (non-hydrogen) atoms. The Bertz CT molecular complexity index is 279. The lowest BCUT2D eigenvalue weighted by molar-refractivity contribution is -0.156. The van der Waals surface area contributed by atoms with Gasteiger partial charge in [-0.3, -0.25) is 9.59 Å². The summed E-state index contributed by atoms with van der Waals surface area (Å²) in [5.74, 6) is 0.156. The Morgan fingerprint density at radius 1 is 1.17 bits per heavy atom. The quantitative estimate of drug-likeness (QED) is 0.687. The number of esters is 1. The summed E-state index contributed by atoms with van der Waals surface area (Å²) < 4.78 is 5.17. The van der Waals surface area contributed by atoms with Gasteiger partial charge in [0, 0.05) is 19.5 Å². The number of rotatable bonds is 6. The van der Waals surface area contributed by atoms with E-state index in [4.69, 9.17) is 4.74 Å². The van der Waals surface area contributed by atoms with Crippen molar-refractivity contribution in [1.82, 2.24) is 4.90 Å². The molecule has 0 spiro atoms. The summed E-state index contributed by atoms with van der Waals surface area (Å²) >= 11 is 0. The lowest BCUT2D eigenvalue weighted by Gasteiger charge is -2.23. The van der Waals surface area contributed by atoms with Crippen LogP contribution in [-0.2, 0) is 14.3 Å². The van der Waals surface area contributed by atoms with Crippen LogP contribution in [0.3, 0.4) is 0 Å². The van der Waals surface area contributed by atoms with Gasteiger partial charge in [0.15, 0.2) is 0 Å². The molecule has 0 aromatic carbocycles. The molecule has 106 valence electrons. The average molecular weight is 257 g/mol. The number of hydrogen-bond donors (Lipinski definition) is 0. The van der Waals surface area contributed by atoms with Gasteiger partial charge in [-0.1, -0.05) is 13.8 Å². The SMILES string of the molecule is CCN(CC(C)C)C(=O)CCC(=O)OC(C)(C)C. The van der Waals surface area contributed by atoms with Gasteiger partial charge in [0.25, 0.3) is 0 Å². The van der Waals surface area contributed by atoms with Gasteiger partial charge in [0.05, 0.1) is 6.42 Å². The van der Waals surface area contributed by atoms with Crippen LogP contribution < -0.4 is 0 Å². The molecule has 0 aliphatic rings. The van der Waals surface area contributed by atoms with Gasteiger partial charge in [-0.25, -0.2) is 0 Å². The van der Waals surface area contributed by atoms with Crippen molar-refractivity contribution in [3.05, 3.63) is 0 Å². The molecule has 0 aliphatic heterocycles. The summed E-state index contributed by atoms with van der Waals surface area (Å²) in [6.45, 7) is 13.0. The van der Waals surface area contributed by atoms with Gasteiger partial charge in [-0.15, -0.1) is 0 Å². The lowest BCUT2D eigenvalue weighted by atomic mass is 10.1. The summed E-state index contributed by atoms with van der Waals surface area (Å²) in [6.07, 6.45) is 0.389. The molecule has 0 saturated carbocycles. The Labute approximate surface area is 111 Å². The van der Waals surface area contributed by atoms with Crippen molar-refractivity contribution in [2.75, 3.05) is 13.1 Å². The molecule has 0 atom stereocenters. The van der Waals surface area contributed by atoms with Gasteiger partial charge in [0.2, 0.25) is 5.91 Å². The van der Waals surface area contributed by atoms with E-state index in [-0.39, 0.29) is 24.7 Å². The zero-order valence-corrected chi connectivity index (χ0v) is 12.6. The van der Waals surface area contributed by atoms with Crippen molar-refractivity contribution in [1.29, 1.82) is 0 Å². The Morgan fingerprint density at radius 2 is 1.72 bits per heavy atom. The molecule has 4 heteroatoms. The van der Waals surface area contributed by atoms with Crippen LogP contribution >= 0.6 is 0 Å². The highest BCUT2D eigenvalue weighted by Crippen LogP contribution is 2.10. The van der Waals surface area contributed by atoms with Crippen LogP contribution in [0, 0.1) is 5.92 Å². The Hall–Kier alpha value is -1.06. The van der Waals surface area contributed by atoms with Crippen LogP contribution in [0.25, 0.3) is 0 Å². The van der Waals surface area contributed by atoms with Gasteiger partial charge in [-0.2, -0.15) is 0 Å². The van der Waals surface area contributed by atoms with E-state index in [9.17, 15) is 9.59 Å². The van der Waals surface area contributed by atoms with Gasteiger partial charge in [0.1, 0.15) is 5.60 Å². The van der Waals surface area contributed by atoms with Crippen LogP contribution in [-0.4, -0.2) is 35.5 Å². The first-order valence-electron chi connectivity index (χ1n) is 6.65. The maximum atomic E-state index is 11.9. The molecule has 0 heterocycles. The molecule has 0 bridgehead atoms. The molecule has 4 nitrogen and oxygen atoms in total.